The van der Waals surface area contributed by atoms with E-state index in [4.69, 9.17) is 11.6 Å². The van der Waals surface area contributed by atoms with Gasteiger partial charge >= 0.3 is 0 Å². The first-order valence-corrected chi connectivity index (χ1v) is 7.39. The largest absolute Gasteiger partial charge is 0.324 e. The quantitative estimate of drug-likeness (QED) is 0.881. The van der Waals surface area contributed by atoms with Crippen LogP contribution in [-0.4, -0.2) is 5.91 Å². The number of rotatable bonds is 3. The van der Waals surface area contributed by atoms with Crippen LogP contribution in [0.2, 0.25) is 5.02 Å². The van der Waals surface area contributed by atoms with E-state index < -0.39 is 0 Å². The van der Waals surface area contributed by atoms with Crippen molar-refractivity contribution in [2.24, 2.45) is 0 Å². The van der Waals surface area contributed by atoms with E-state index in [9.17, 15) is 4.79 Å². The highest BCUT2D eigenvalue weighted by Gasteiger charge is 2.29. The number of nitrogens with one attached hydrogen (secondary N) is 2. The maximum Gasteiger partial charge on any atom is 0.246 e. The summed E-state index contributed by atoms with van der Waals surface area (Å²) < 4.78 is 0.964. The summed E-state index contributed by atoms with van der Waals surface area (Å²) in [7, 11) is 0. The number of benzene rings is 2. The zero-order chi connectivity index (χ0) is 14.1. The molecule has 20 heavy (non-hydrogen) atoms. The molecule has 3 nitrogen and oxygen atoms in total. The van der Waals surface area contributed by atoms with Gasteiger partial charge in [-0.15, -0.1) is 0 Å². The average Bonchev–Trinajstić information content (AvgIpc) is 2.73. The third-order valence-corrected chi connectivity index (χ3v) is 4.01. The van der Waals surface area contributed by atoms with E-state index in [2.05, 4.69) is 26.6 Å². The van der Waals surface area contributed by atoms with Gasteiger partial charge in [-0.25, -0.2) is 0 Å². The Labute approximate surface area is 130 Å². The van der Waals surface area contributed by atoms with Crippen molar-refractivity contribution in [3.8, 4) is 0 Å². The van der Waals surface area contributed by atoms with Gasteiger partial charge in [-0.3, -0.25) is 10.1 Å². The van der Waals surface area contributed by atoms with E-state index in [0.29, 0.717) is 11.6 Å². The molecule has 1 aliphatic rings. The SMILES string of the molecule is O=C1Nc2ccc(Br)cc2C1NCc1ccc(Cl)cc1. The van der Waals surface area contributed by atoms with Crippen molar-refractivity contribution in [2.45, 2.75) is 12.6 Å². The van der Waals surface area contributed by atoms with Gasteiger partial charge in [0.15, 0.2) is 0 Å². The summed E-state index contributed by atoms with van der Waals surface area (Å²) >= 11 is 9.29. The van der Waals surface area contributed by atoms with Gasteiger partial charge in [0.05, 0.1) is 0 Å². The number of anilines is 1. The average molecular weight is 352 g/mol. The highest BCUT2D eigenvalue weighted by molar-refractivity contribution is 9.10. The molecule has 0 saturated heterocycles. The second-order valence-corrected chi connectivity index (χ2v) is 6.01. The van der Waals surface area contributed by atoms with Crippen LogP contribution in [-0.2, 0) is 11.3 Å². The molecule has 0 aromatic heterocycles. The minimum absolute atomic E-state index is 0.0212. The molecular formula is C15H12BrClN2O. The Balaban J connectivity index is 1.76. The van der Waals surface area contributed by atoms with Crippen molar-refractivity contribution in [3.05, 3.63) is 63.1 Å². The highest BCUT2D eigenvalue weighted by atomic mass is 79.9. The van der Waals surface area contributed by atoms with Crippen molar-refractivity contribution in [3.63, 3.8) is 0 Å². The van der Waals surface area contributed by atoms with Crippen LogP contribution in [0, 0.1) is 0 Å². The molecule has 0 radical (unpaired) electrons. The Hall–Kier alpha value is -1.36. The Morgan fingerprint density at radius 3 is 2.70 bits per heavy atom. The van der Waals surface area contributed by atoms with Crippen molar-refractivity contribution in [1.82, 2.24) is 5.32 Å². The van der Waals surface area contributed by atoms with Crippen LogP contribution in [0.1, 0.15) is 17.2 Å². The van der Waals surface area contributed by atoms with Crippen LogP contribution in [0.15, 0.2) is 46.9 Å². The minimum atomic E-state index is -0.321. The summed E-state index contributed by atoms with van der Waals surface area (Å²) in [6.07, 6.45) is 0. The maximum absolute atomic E-state index is 12.0. The fourth-order valence-corrected chi connectivity index (χ4v) is 2.76. The van der Waals surface area contributed by atoms with Crippen LogP contribution in [0.3, 0.4) is 0 Å². The van der Waals surface area contributed by atoms with E-state index in [-0.39, 0.29) is 11.9 Å². The van der Waals surface area contributed by atoms with Gasteiger partial charge in [0.1, 0.15) is 6.04 Å². The second-order valence-electron chi connectivity index (χ2n) is 4.66. The maximum atomic E-state index is 12.0. The highest BCUT2D eigenvalue weighted by Crippen LogP contribution is 2.33. The molecule has 2 aromatic carbocycles. The normalized spacial score (nSPS) is 16.9. The van der Waals surface area contributed by atoms with Gasteiger partial charge in [0.25, 0.3) is 0 Å². The number of fused-ring (bicyclic) bond motifs is 1. The molecule has 0 bridgehead atoms. The molecule has 102 valence electrons. The monoisotopic (exact) mass is 350 g/mol. The first-order valence-electron chi connectivity index (χ1n) is 6.21. The van der Waals surface area contributed by atoms with Crippen molar-refractivity contribution in [1.29, 1.82) is 0 Å². The van der Waals surface area contributed by atoms with Crippen LogP contribution < -0.4 is 10.6 Å². The molecule has 1 aliphatic heterocycles. The van der Waals surface area contributed by atoms with E-state index in [1.165, 1.54) is 0 Å². The topological polar surface area (TPSA) is 41.1 Å². The summed E-state index contributed by atoms with van der Waals surface area (Å²) in [5, 5.41) is 6.86. The van der Waals surface area contributed by atoms with Crippen LogP contribution in [0.5, 0.6) is 0 Å². The van der Waals surface area contributed by atoms with Crippen molar-refractivity contribution >= 4 is 39.1 Å². The molecule has 0 spiro atoms. The Bertz CT molecular complexity index is 657. The molecule has 3 rings (SSSR count). The predicted molar refractivity (Wildman–Crippen MR) is 83.8 cm³/mol. The molecule has 1 amide bonds. The summed E-state index contributed by atoms with van der Waals surface area (Å²) in [4.78, 5) is 12.0. The third kappa shape index (κ3) is 2.73. The van der Waals surface area contributed by atoms with Gasteiger partial charge < -0.3 is 5.32 Å². The van der Waals surface area contributed by atoms with Gasteiger partial charge in [-0.1, -0.05) is 39.7 Å². The van der Waals surface area contributed by atoms with Gasteiger partial charge in [0, 0.05) is 27.3 Å². The molecule has 0 saturated carbocycles. The first kappa shape index (κ1) is 13.6. The van der Waals surface area contributed by atoms with Crippen molar-refractivity contribution < 1.29 is 4.79 Å². The van der Waals surface area contributed by atoms with Crippen LogP contribution in [0.25, 0.3) is 0 Å². The molecule has 5 heteroatoms. The second kappa shape index (κ2) is 5.56. The Kier molecular flexibility index (Phi) is 3.78. The summed E-state index contributed by atoms with van der Waals surface area (Å²) in [6.45, 7) is 0.612. The fourth-order valence-electron chi connectivity index (χ4n) is 2.26. The molecule has 1 unspecified atom stereocenters. The zero-order valence-corrected chi connectivity index (χ0v) is 12.8. The predicted octanol–water partition coefficient (Wildman–Crippen LogP) is 3.89. The van der Waals surface area contributed by atoms with E-state index in [0.717, 1.165) is 21.3 Å². The molecule has 2 aromatic rings. The first-order chi connectivity index (χ1) is 9.63. The summed E-state index contributed by atoms with van der Waals surface area (Å²) in [5.41, 5.74) is 2.93. The standard InChI is InChI=1S/C15H12BrClN2O/c16-10-3-6-13-12(7-10)14(15(20)19-13)18-8-9-1-4-11(17)5-2-9/h1-7,14,18H,8H2,(H,19,20). The van der Waals surface area contributed by atoms with E-state index in [1.807, 2.05) is 42.5 Å². The Morgan fingerprint density at radius 1 is 1.20 bits per heavy atom. The molecular weight excluding hydrogens is 340 g/mol. The fraction of sp³-hybridized carbons (Fsp3) is 0.133. The number of carbonyl (C=O) groups is 1. The number of halogens is 2. The van der Waals surface area contributed by atoms with E-state index in [1.54, 1.807) is 0 Å². The molecule has 2 N–H and O–H groups in total. The van der Waals surface area contributed by atoms with Gasteiger partial charge in [0.2, 0.25) is 5.91 Å². The lowest BCUT2D eigenvalue weighted by Crippen LogP contribution is -2.27. The van der Waals surface area contributed by atoms with Crippen LogP contribution in [0.4, 0.5) is 5.69 Å². The third-order valence-electron chi connectivity index (χ3n) is 3.27. The zero-order valence-electron chi connectivity index (χ0n) is 10.5. The summed E-state index contributed by atoms with van der Waals surface area (Å²) in [5.74, 6) is -0.0212. The number of hydrogen-bond donors (Lipinski definition) is 2. The lowest BCUT2D eigenvalue weighted by Gasteiger charge is -2.11. The smallest absolute Gasteiger partial charge is 0.246 e. The molecule has 1 atom stereocenters. The van der Waals surface area contributed by atoms with Gasteiger partial charge in [-0.05, 0) is 35.9 Å². The number of carbonyl (C=O) groups excluding carboxylic acids is 1. The number of amides is 1. The Morgan fingerprint density at radius 2 is 1.95 bits per heavy atom. The lowest BCUT2D eigenvalue weighted by atomic mass is 10.1. The molecule has 1 heterocycles. The summed E-state index contributed by atoms with van der Waals surface area (Å²) in [6, 6.07) is 13.1. The lowest BCUT2D eigenvalue weighted by molar-refractivity contribution is -0.117. The minimum Gasteiger partial charge on any atom is -0.324 e. The molecule has 0 fully saturated rings. The van der Waals surface area contributed by atoms with Gasteiger partial charge in [-0.2, -0.15) is 0 Å². The van der Waals surface area contributed by atoms with Crippen molar-refractivity contribution in [2.75, 3.05) is 5.32 Å². The van der Waals surface area contributed by atoms with E-state index >= 15 is 0 Å². The molecule has 0 aliphatic carbocycles. The van der Waals surface area contributed by atoms with Crippen LogP contribution >= 0.6 is 27.5 Å². The number of hydrogen-bond acceptors (Lipinski definition) is 2.